The first-order chi connectivity index (χ1) is 9.56. The predicted molar refractivity (Wildman–Crippen MR) is 88.7 cm³/mol. The van der Waals surface area contributed by atoms with Gasteiger partial charge in [-0.2, -0.15) is 0 Å². The third-order valence-electron chi connectivity index (χ3n) is 4.57. The maximum absolute atomic E-state index is 4.98. The Hall–Kier alpha value is -0.610. The van der Waals surface area contributed by atoms with Gasteiger partial charge in [0.15, 0.2) is 5.13 Å². The van der Waals surface area contributed by atoms with Gasteiger partial charge in [-0.05, 0) is 37.6 Å². The summed E-state index contributed by atoms with van der Waals surface area (Å²) in [5.74, 6) is 2.18. The molecule has 0 spiro atoms. The number of hydrogen-bond donors (Lipinski definition) is 1. The monoisotopic (exact) mass is 295 g/mol. The van der Waals surface area contributed by atoms with Crippen molar-refractivity contribution < 1.29 is 0 Å². The molecule has 2 heterocycles. The molecule has 1 saturated heterocycles. The van der Waals surface area contributed by atoms with Crippen molar-refractivity contribution in [2.24, 2.45) is 11.8 Å². The Morgan fingerprint density at radius 1 is 1.40 bits per heavy atom. The zero-order valence-corrected chi connectivity index (χ0v) is 14.4. The molecular formula is C16H29N3S. The molecule has 4 heteroatoms. The molecule has 0 aliphatic carbocycles. The zero-order valence-electron chi connectivity index (χ0n) is 13.6. The van der Waals surface area contributed by atoms with E-state index in [9.17, 15) is 0 Å². The van der Waals surface area contributed by atoms with E-state index in [4.69, 9.17) is 4.98 Å². The first-order valence-corrected chi connectivity index (χ1v) is 8.77. The number of nitrogens with one attached hydrogen (secondary N) is 1. The van der Waals surface area contributed by atoms with Gasteiger partial charge in [-0.3, -0.25) is 0 Å². The van der Waals surface area contributed by atoms with E-state index in [1.165, 1.54) is 35.2 Å². The van der Waals surface area contributed by atoms with E-state index in [2.05, 4.69) is 37.9 Å². The molecule has 1 aromatic rings. The third kappa shape index (κ3) is 3.34. The molecule has 1 N–H and O–H groups in total. The number of rotatable bonds is 6. The van der Waals surface area contributed by atoms with Crippen LogP contribution in [0.1, 0.15) is 57.0 Å². The summed E-state index contributed by atoms with van der Waals surface area (Å²) in [5.41, 5.74) is 1.31. The molecule has 1 fully saturated rings. The number of anilines is 1. The molecule has 1 aliphatic heterocycles. The SMILES string of the molecule is CCC(C)c1nc(N2CCC(C(C)C)C2)sc1CNC. The highest BCUT2D eigenvalue weighted by molar-refractivity contribution is 7.15. The van der Waals surface area contributed by atoms with Gasteiger partial charge in [-0.25, -0.2) is 4.98 Å². The fourth-order valence-corrected chi connectivity index (χ4v) is 4.08. The Bertz CT molecular complexity index is 427. The summed E-state index contributed by atoms with van der Waals surface area (Å²) < 4.78 is 0. The van der Waals surface area contributed by atoms with E-state index in [1.807, 2.05) is 18.4 Å². The summed E-state index contributed by atoms with van der Waals surface area (Å²) in [5, 5.41) is 4.53. The van der Waals surface area contributed by atoms with Crippen molar-refractivity contribution in [3.63, 3.8) is 0 Å². The van der Waals surface area contributed by atoms with Crippen molar-refractivity contribution >= 4 is 16.5 Å². The average Bonchev–Trinajstić information content (AvgIpc) is 3.04. The Labute approximate surface area is 127 Å². The minimum Gasteiger partial charge on any atom is -0.348 e. The number of thiazole rings is 1. The number of aromatic nitrogens is 1. The van der Waals surface area contributed by atoms with Crippen molar-refractivity contribution in [2.75, 3.05) is 25.0 Å². The summed E-state index contributed by atoms with van der Waals surface area (Å²) >= 11 is 1.89. The second-order valence-corrected chi connectivity index (χ2v) is 7.45. The van der Waals surface area contributed by atoms with Crippen LogP contribution in [0.4, 0.5) is 5.13 Å². The lowest BCUT2D eigenvalue weighted by Crippen LogP contribution is -2.21. The van der Waals surface area contributed by atoms with Gasteiger partial charge in [-0.1, -0.05) is 27.7 Å². The fraction of sp³-hybridized carbons (Fsp3) is 0.812. The standard InChI is InChI=1S/C16H29N3S/c1-6-12(4)15-14(9-17-5)20-16(18-15)19-8-7-13(10-19)11(2)3/h11-13,17H,6-10H2,1-5H3. The minimum absolute atomic E-state index is 0.562. The van der Waals surface area contributed by atoms with Crippen LogP contribution in [0, 0.1) is 11.8 Å². The Morgan fingerprint density at radius 2 is 2.15 bits per heavy atom. The van der Waals surface area contributed by atoms with Crippen LogP contribution in [-0.4, -0.2) is 25.1 Å². The Kier molecular flexibility index (Phi) is 5.44. The highest BCUT2D eigenvalue weighted by atomic mass is 32.1. The average molecular weight is 295 g/mol. The molecule has 1 aliphatic rings. The van der Waals surface area contributed by atoms with Crippen molar-refractivity contribution in [1.29, 1.82) is 0 Å². The second-order valence-electron chi connectivity index (χ2n) is 6.38. The molecule has 1 aromatic heterocycles. The molecule has 0 bridgehead atoms. The van der Waals surface area contributed by atoms with Gasteiger partial charge >= 0.3 is 0 Å². The summed E-state index contributed by atoms with van der Waals surface area (Å²) in [6.45, 7) is 12.5. The van der Waals surface area contributed by atoms with Crippen LogP contribution in [0.15, 0.2) is 0 Å². The van der Waals surface area contributed by atoms with E-state index in [1.54, 1.807) is 0 Å². The van der Waals surface area contributed by atoms with Crippen molar-refractivity contribution in [3.05, 3.63) is 10.6 Å². The van der Waals surface area contributed by atoms with Gasteiger partial charge in [0.2, 0.25) is 0 Å². The predicted octanol–water partition coefficient (Wildman–Crippen LogP) is 3.86. The molecule has 20 heavy (non-hydrogen) atoms. The lowest BCUT2D eigenvalue weighted by atomic mass is 9.95. The van der Waals surface area contributed by atoms with Gasteiger partial charge in [0.25, 0.3) is 0 Å². The summed E-state index contributed by atoms with van der Waals surface area (Å²) in [6, 6.07) is 0. The molecule has 2 rings (SSSR count). The van der Waals surface area contributed by atoms with Gasteiger partial charge in [-0.15, -0.1) is 11.3 Å². The summed E-state index contributed by atoms with van der Waals surface area (Å²) in [7, 11) is 2.02. The minimum atomic E-state index is 0.562. The van der Waals surface area contributed by atoms with Crippen LogP contribution in [0.3, 0.4) is 0 Å². The zero-order chi connectivity index (χ0) is 14.7. The van der Waals surface area contributed by atoms with Crippen LogP contribution in [0.25, 0.3) is 0 Å². The molecule has 114 valence electrons. The number of hydrogen-bond acceptors (Lipinski definition) is 4. The molecule has 3 nitrogen and oxygen atoms in total. The van der Waals surface area contributed by atoms with Crippen molar-refractivity contribution in [1.82, 2.24) is 10.3 Å². The Morgan fingerprint density at radius 3 is 2.70 bits per heavy atom. The lowest BCUT2D eigenvalue weighted by Gasteiger charge is -2.17. The summed E-state index contributed by atoms with van der Waals surface area (Å²) in [6.07, 6.45) is 2.48. The fourth-order valence-electron chi connectivity index (χ4n) is 2.86. The number of nitrogens with zero attached hydrogens (tertiary/aromatic N) is 2. The van der Waals surface area contributed by atoms with E-state index in [-0.39, 0.29) is 0 Å². The van der Waals surface area contributed by atoms with Crippen LogP contribution < -0.4 is 10.2 Å². The quantitative estimate of drug-likeness (QED) is 0.864. The third-order valence-corrected chi connectivity index (χ3v) is 5.70. The van der Waals surface area contributed by atoms with E-state index >= 15 is 0 Å². The largest absolute Gasteiger partial charge is 0.348 e. The molecule has 0 saturated carbocycles. The first kappa shape index (κ1) is 15.8. The van der Waals surface area contributed by atoms with E-state index in [0.717, 1.165) is 24.8 Å². The first-order valence-electron chi connectivity index (χ1n) is 7.95. The highest BCUT2D eigenvalue weighted by Crippen LogP contribution is 2.35. The van der Waals surface area contributed by atoms with E-state index < -0.39 is 0 Å². The molecule has 0 aromatic carbocycles. The van der Waals surface area contributed by atoms with Gasteiger partial charge in [0.1, 0.15) is 0 Å². The maximum Gasteiger partial charge on any atom is 0.185 e. The van der Waals surface area contributed by atoms with Crippen molar-refractivity contribution in [3.8, 4) is 0 Å². The molecule has 2 atom stereocenters. The molecule has 0 radical (unpaired) electrons. The van der Waals surface area contributed by atoms with Crippen molar-refractivity contribution in [2.45, 2.75) is 53.0 Å². The second kappa shape index (κ2) is 6.90. The van der Waals surface area contributed by atoms with Gasteiger partial charge in [0.05, 0.1) is 5.69 Å². The maximum atomic E-state index is 4.98. The summed E-state index contributed by atoms with van der Waals surface area (Å²) in [4.78, 5) is 8.90. The topological polar surface area (TPSA) is 28.2 Å². The van der Waals surface area contributed by atoms with Crippen LogP contribution in [-0.2, 0) is 6.54 Å². The van der Waals surface area contributed by atoms with Crippen LogP contribution in [0.2, 0.25) is 0 Å². The van der Waals surface area contributed by atoms with Gasteiger partial charge in [0, 0.05) is 24.5 Å². The van der Waals surface area contributed by atoms with Gasteiger partial charge < -0.3 is 10.2 Å². The van der Waals surface area contributed by atoms with E-state index in [0.29, 0.717) is 5.92 Å². The Balaban J connectivity index is 2.16. The lowest BCUT2D eigenvalue weighted by molar-refractivity contribution is 0.422. The normalized spacial score (nSPS) is 20.9. The highest BCUT2D eigenvalue weighted by Gasteiger charge is 2.28. The molecule has 0 amide bonds. The molecule has 2 unspecified atom stereocenters. The molecular weight excluding hydrogens is 266 g/mol. The smallest absolute Gasteiger partial charge is 0.185 e. The van der Waals surface area contributed by atoms with Crippen LogP contribution in [0.5, 0.6) is 0 Å². The van der Waals surface area contributed by atoms with Crippen LogP contribution >= 0.6 is 11.3 Å².